The largest absolute Gasteiger partial charge is 0.389 e. The van der Waals surface area contributed by atoms with Crippen LogP contribution < -0.4 is 10.2 Å². The third kappa shape index (κ3) is 8.21. The van der Waals surface area contributed by atoms with Gasteiger partial charge in [-0.2, -0.15) is 13.2 Å². The standard InChI is InChI=1S/C27H39F3N4O2S/c1-19-17-22(33(4)21(3)35)18-20(2)23(19)10-16-37-34-14-12-26(13-15-34)25(36)31-24(32-26)9-7-5-6-8-11-27(28,29)30/h17-18H,5-16H2,1-4H3,(H,31,32,36). The summed E-state index contributed by atoms with van der Waals surface area (Å²) >= 11 is 1.80. The van der Waals surface area contributed by atoms with Crippen molar-refractivity contribution in [2.75, 3.05) is 30.8 Å². The van der Waals surface area contributed by atoms with Gasteiger partial charge in [0.1, 0.15) is 11.4 Å². The molecule has 0 unspecified atom stereocenters. The fourth-order valence-corrected chi connectivity index (χ4v) is 6.01. The SMILES string of the molecule is CC(=O)N(C)c1cc(C)c(CCSN2CCC3(CC2)N=C(CCCCCCC(F)(F)F)NC3=O)c(C)c1. The quantitative estimate of drug-likeness (QED) is 0.287. The Morgan fingerprint density at radius 3 is 2.32 bits per heavy atom. The molecule has 206 valence electrons. The van der Waals surface area contributed by atoms with Gasteiger partial charge in [-0.15, -0.1) is 0 Å². The van der Waals surface area contributed by atoms with E-state index in [0.29, 0.717) is 37.9 Å². The average molecular weight is 541 g/mol. The summed E-state index contributed by atoms with van der Waals surface area (Å²) in [5, 5.41) is 2.92. The van der Waals surface area contributed by atoms with Crippen LogP contribution in [0.5, 0.6) is 0 Å². The van der Waals surface area contributed by atoms with E-state index in [2.05, 4.69) is 35.6 Å². The van der Waals surface area contributed by atoms with Crippen LogP contribution in [0.3, 0.4) is 0 Å². The molecule has 2 amide bonds. The zero-order valence-corrected chi connectivity index (χ0v) is 23.2. The minimum atomic E-state index is -4.08. The molecule has 0 aliphatic carbocycles. The normalized spacial score (nSPS) is 17.7. The number of amidine groups is 1. The summed E-state index contributed by atoms with van der Waals surface area (Å²) in [6.07, 6.45) is 0.205. The molecule has 6 nitrogen and oxygen atoms in total. The van der Waals surface area contributed by atoms with E-state index in [4.69, 9.17) is 4.99 Å². The number of halogens is 3. The molecule has 2 aliphatic heterocycles. The highest BCUT2D eigenvalue weighted by molar-refractivity contribution is 7.97. The van der Waals surface area contributed by atoms with Crippen molar-refractivity contribution in [1.82, 2.24) is 9.62 Å². The molecular formula is C27H39F3N4O2S. The molecule has 3 rings (SSSR count). The van der Waals surface area contributed by atoms with E-state index in [9.17, 15) is 22.8 Å². The molecule has 2 aliphatic rings. The minimum absolute atomic E-state index is 0.0113. The molecule has 0 bridgehead atoms. The fraction of sp³-hybridized carbons (Fsp3) is 0.667. The lowest BCUT2D eigenvalue weighted by Crippen LogP contribution is -2.47. The third-order valence-electron chi connectivity index (χ3n) is 7.37. The Balaban J connectivity index is 1.42. The number of carbonyl (C=O) groups is 2. The number of piperidine rings is 1. The van der Waals surface area contributed by atoms with E-state index in [1.54, 1.807) is 30.8 Å². The second-order valence-electron chi connectivity index (χ2n) is 10.2. The summed E-state index contributed by atoms with van der Waals surface area (Å²) in [5.41, 5.74) is 3.91. The lowest BCUT2D eigenvalue weighted by atomic mass is 9.89. The molecule has 37 heavy (non-hydrogen) atoms. The zero-order valence-electron chi connectivity index (χ0n) is 22.3. The summed E-state index contributed by atoms with van der Waals surface area (Å²) < 4.78 is 39.0. The van der Waals surface area contributed by atoms with Gasteiger partial charge in [0.2, 0.25) is 5.91 Å². The predicted octanol–water partition coefficient (Wildman–Crippen LogP) is 5.74. The van der Waals surface area contributed by atoms with Gasteiger partial charge in [-0.1, -0.05) is 24.8 Å². The van der Waals surface area contributed by atoms with Crippen molar-refractivity contribution < 1.29 is 22.8 Å². The third-order valence-corrected chi connectivity index (χ3v) is 8.49. The van der Waals surface area contributed by atoms with Crippen molar-refractivity contribution in [2.24, 2.45) is 4.99 Å². The molecule has 1 N–H and O–H groups in total. The van der Waals surface area contributed by atoms with Gasteiger partial charge in [0, 0.05) is 51.3 Å². The van der Waals surface area contributed by atoms with Crippen LogP contribution >= 0.6 is 11.9 Å². The Kier molecular flexibility index (Phi) is 10.1. The summed E-state index contributed by atoms with van der Waals surface area (Å²) in [5.74, 6) is 1.60. The molecule has 1 spiro atoms. The summed E-state index contributed by atoms with van der Waals surface area (Å²) in [4.78, 5) is 30.8. The van der Waals surface area contributed by atoms with Crippen LogP contribution in [-0.4, -0.2) is 59.6 Å². The average Bonchev–Trinajstić information content (AvgIpc) is 3.12. The Morgan fingerprint density at radius 1 is 1.11 bits per heavy atom. The van der Waals surface area contributed by atoms with Gasteiger partial charge in [0.25, 0.3) is 5.91 Å². The number of hydrogen-bond donors (Lipinski definition) is 1. The number of alkyl halides is 3. The number of aryl methyl sites for hydroxylation is 2. The zero-order chi connectivity index (χ0) is 27.2. The van der Waals surface area contributed by atoms with Gasteiger partial charge >= 0.3 is 6.18 Å². The first-order valence-electron chi connectivity index (χ1n) is 13.1. The first kappa shape index (κ1) is 29.5. The number of amides is 2. The molecular weight excluding hydrogens is 501 g/mol. The maximum Gasteiger partial charge on any atom is 0.389 e. The summed E-state index contributed by atoms with van der Waals surface area (Å²) in [7, 11) is 1.79. The minimum Gasteiger partial charge on any atom is -0.316 e. The first-order chi connectivity index (χ1) is 17.4. The van der Waals surface area contributed by atoms with Gasteiger partial charge in [0.05, 0.1) is 0 Å². The van der Waals surface area contributed by atoms with Gasteiger partial charge in [-0.05, 0) is 74.8 Å². The Hall–Kier alpha value is -2.07. The van der Waals surface area contributed by atoms with Crippen LogP contribution in [0.2, 0.25) is 0 Å². The maximum atomic E-state index is 12.7. The maximum absolute atomic E-state index is 12.7. The first-order valence-corrected chi connectivity index (χ1v) is 14.0. The highest BCUT2D eigenvalue weighted by Gasteiger charge is 2.45. The van der Waals surface area contributed by atoms with Gasteiger partial charge in [-0.3, -0.25) is 18.9 Å². The van der Waals surface area contributed by atoms with Crippen molar-refractivity contribution >= 4 is 35.3 Å². The molecule has 1 aromatic rings. The smallest absolute Gasteiger partial charge is 0.316 e. The number of carbonyl (C=O) groups excluding carboxylic acids is 2. The van der Waals surface area contributed by atoms with E-state index in [0.717, 1.165) is 37.4 Å². The highest BCUT2D eigenvalue weighted by Crippen LogP contribution is 2.33. The number of anilines is 1. The lowest BCUT2D eigenvalue weighted by Gasteiger charge is -2.34. The Morgan fingerprint density at radius 2 is 1.73 bits per heavy atom. The molecule has 0 radical (unpaired) electrons. The summed E-state index contributed by atoms with van der Waals surface area (Å²) in [6, 6.07) is 4.13. The second kappa shape index (κ2) is 12.7. The lowest BCUT2D eigenvalue weighted by molar-refractivity contribution is -0.135. The van der Waals surface area contributed by atoms with Gasteiger partial charge < -0.3 is 10.2 Å². The Bertz CT molecular complexity index is 981. The van der Waals surface area contributed by atoms with E-state index in [1.165, 1.54) is 16.7 Å². The Labute approximate surface area is 222 Å². The number of aliphatic imine (C=N–C) groups is 1. The van der Waals surface area contributed by atoms with Crippen molar-refractivity contribution in [2.45, 2.75) is 90.3 Å². The van der Waals surface area contributed by atoms with Crippen molar-refractivity contribution in [1.29, 1.82) is 0 Å². The number of rotatable bonds is 11. The molecule has 1 saturated heterocycles. The van der Waals surface area contributed by atoms with E-state index in [1.807, 2.05) is 0 Å². The van der Waals surface area contributed by atoms with E-state index in [-0.39, 0.29) is 18.2 Å². The predicted molar refractivity (Wildman–Crippen MR) is 144 cm³/mol. The van der Waals surface area contributed by atoms with E-state index >= 15 is 0 Å². The van der Waals surface area contributed by atoms with Crippen LogP contribution in [-0.2, 0) is 16.0 Å². The molecule has 0 saturated carbocycles. The van der Waals surface area contributed by atoms with Crippen LogP contribution in [0, 0.1) is 13.8 Å². The molecule has 10 heteroatoms. The van der Waals surface area contributed by atoms with Gasteiger partial charge in [-0.25, -0.2) is 0 Å². The summed E-state index contributed by atoms with van der Waals surface area (Å²) in [6.45, 7) is 7.31. The van der Waals surface area contributed by atoms with Gasteiger partial charge in [0.15, 0.2) is 0 Å². The van der Waals surface area contributed by atoms with Crippen LogP contribution in [0.25, 0.3) is 0 Å². The van der Waals surface area contributed by atoms with Crippen LogP contribution in [0.1, 0.15) is 75.0 Å². The van der Waals surface area contributed by atoms with Crippen molar-refractivity contribution in [3.63, 3.8) is 0 Å². The second-order valence-corrected chi connectivity index (χ2v) is 11.4. The molecule has 1 aromatic carbocycles. The number of nitrogens with one attached hydrogen (secondary N) is 1. The molecule has 0 atom stereocenters. The monoisotopic (exact) mass is 540 g/mol. The van der Waals surface area contributed by atoms with E-state index < -0.39 is 18.1 Å². The number of benzene rings is 1. The molecule has 1 fully saturated rings. The number of unbranched alkanes of at least 4 members (excludes halogenated alkanes) is 3. The highest BCUT2D eigenvalue weighted by atomic mass is 32.2. The fourth-order valence-electron chi connectivity index (χ4n) is 5.02. The van der Waals surface area contributed by atoms with Crippen molar-refractivity contribution in [3.8, 4) is 0 Å². The molecule has 2 heterocycles. The number of nitrogens with zero attached hydrogens (tertiary/aromatic N) is 3. The topological polar surface area (TPSA) is 65.0 Å². The molecule has 0 aromatic heterocycles. The van der Waals surface area contributed by atoms with Crippen molar-refractivity contribution in [3.05, 3.63) is 28.8 Å². The number of hydrogen-bond acceptors (Lipinski definition) is 5. The van der Waals surface area contributed by atoms with Crippen LogP contribution in [0.15, 0.2) is 17.1 Å². The van der Waals surface area contributed by atoms with Crippen LogP contribution in [0.4, 0.5) is 18.9 Å².